The number of aliphatic hydroxyl groups is 8. The number of allylic oxidation sites excluding steroid dienone is 15. The Balaban J connectivity index is 1.65. The first kappa shape index (κ1) is 89.0. The second-order valence-electron chi connectivity index (χ2n) is 27.5. The standard InChI is InChI=1S/C82H145NO13/c1-3-5-7-9-11-13-15-17-19-21-23-25-27-29-31-33-35-37-39-41-43-45-47-49-51-53-55-57-59-61-63-65-71(86)70(69-93-81-79(92)77(90)80(73(68-85)95-81)96-82-78(91)76(89)75(88)72(67-84)94-82)83-74(87)66-64-62-60-58-56-54-52-50-48-46-44-42-40-38-36-34-32-30-28-26-24-22-20-18-16-14-12-10-8-6-4-2/h6,8,12,14,18,20,24,26,30,32,36,38,42,44,63,65,70-73,75-82,84-86,88-92H,3-5,7,9-11,13,15-17,19,21-23,25,27-29,31,33-35,37,39-41,43,45-62,64,66-69H2,1-2H3,(H,83,87)/b8-6-,14-12-,20-18-,26-24-,32-30-,38-36-,44-42-,65-63+. The molecule has 1 amide bonds. The summed E-state index contributed by atoms with van der Waals surface area (Å²) in [6.07, 6.45) is 76.2. The third kappa shape index (κ3) is 47.9. The van der Waals surface area contributed by atoms with Crippen LogP contribution in [0.25, 0.3) is 0 Å². The Hall–Kier alpha value is -3.09. The van der Waals surface area contributed by atoms with Crippen LogP contribution < -0.4 is 5.32 Å². The lowest BCUT2D eigenvalue weighted by Crippen LogP contribution is -2.65. The van der Waals surface area contributed by atoms with Gasteiger partial charge in [0.2, 0.25) is 5.91 Å². The first-order chi connectivity index (χ1) is 47.1. The minimum Gasteiger partial charge on any atom is -0.394 e. The van der Waals surface area contributed by atoms with E-state index >= 15 is 0 Å². The van der Waals surface area contributed by atoms with Crippen molar-refractivity contribution in [1.29, 1.82) is 0 Å². The average molecular weight is 1350 g/mol. The molecule has 14 heteroatoms. The molecule has 0 aliphatic carbocycles. The van der Waals surface area contributed by atoms with E-state index in [4.69, 9.17) is 18.9 Å². The summed E-state index contributed by atoms with van der Waals surface area (Å²) in [5.41, 5.74) is 0. The second-order valence-corrected chi connectivity index (χ2v) is 27.5. The van der Waals surface area contributed by atoms with E-state index in [-0.39, 0.29) is 18.9 Å². The Morgan fingerprint density at radius 1 is 0.385 bits per heavy atom. The van der Waals surface area contributed by atoms with E-state index in [1.807, 2.05) is 6.08 Å². The number of carbonyl (C=O) groups excluding carboxylic acids is 1. The molecule has 2 heterocycles. The number of unbranched alkanes of at least 4 members (excludes halogenated alkanes) is 38. The van der Waals surface area contributed by atoms with Crippen LogP contribution in [0.5, 0.6) is 0 Å². The Kier molecular flexibility index (Phi) is 60.5. The third-order valence-corrected chi connectivity index (χ3v) is 18.8. The summed E-state index contributed by atoms with van der Waals surface area (Å²) in [7, 11) is 0. The SMILES string of the molecule is CC/C=C\C/C=C\C/C=C\C/C=C\C/C=C\C/C=C\C/C=C\CCCCCCCCCCCC(=O)NC(COC1OC(CO)C(OC2OC(CO)C(O)C(O)C2O)C(O)C1O)C(O)/C=C/CCCCCCCCCCCCCCCCCCCCCCCCCCCCCCC. The van der Waals surface area contributed by atoms with Crippen LogP contribution in [0.3, 0.4) is 0 Å². The van der Waals surface area contributed by atoms with Crippen LogP contribution >= 0.6 is 0 Å². The second kappa shape index (κ2) is 65.2. The lowest BCUT2D eigenvalue weighted by atomic mass is 9.97. The van der Waals surface area contributed by atoms with E-state index in [9.17, 15) is 45.6 Å². The van der Waals surface area contributed by atoms with Gasteiger partial charge in [-0.1, -0.05) is 336 Å². The summed E-state index contributed by atoms with van der Waals surface area (Å²) < 4.78 is 22.9. The number of amides is 1. The Bertz CT molecular complexity index is 1980. The zero-order chi connectivity index (χ0) is 69.4. The smallest absolute Gasteiger partial charge is 0.220 e. The molecule has 0 radical (unpaired) electrons. The molecular formula is C82H145NO13. The highest BCUT2D eigenvalue weighted by Crippen LogP contribution is 2.30. The quantitative estimate of drug-likeness (QED) is 0.0204. The molecule has 2 aliphatic heterocycles. The number of hydrogen-bond acceptors (Lipinski definition) is 13. The zero-order valence-corrected chi connectivity index (χ0v) is 60.8. The van der Waals surface area contributed by atoms with Crippen molar-refractivity contribution in [2.45, 2.75) is 396 Å². The van der Waals surface area contributed by atoms with Crippen molar-refractivity contribution >= 4 is 5.91 Å². The molecule has 0 aromatic carbocycles. The molecule has 2 aliphatic rings. The van der Waals surface area contributed by atoms with Crippen LogP contribution in [0.2, 0.25) is 0 Å². The molecule has 0 aromatic rings. The van der Waals surface area contributed by atoms with Gasteiger partial charge in [0, 0.05) is 6.42 Å². The van der Waals surface area contributed by atoms with Gasteiger partial charge >= 0.3 is 0 Å². The predicted octanol–water partition coefficient (Wildman–Crippen LogP) is 17.7. The van der Waals surface area contributed by atoms with Crippen molar-refractivity contribution in [2.24, 2.45) is 0 Å². The summed E-state index contributed by atoms with van der Waals surface area (Å²) in [6.45, 7) is 2.72. The van der Waals surface area contributed by atoms with E-state index in [1.54, 1.807) is 6.08 Å². The highest BCUT2D eigenvalue weighted by Gasteiger charge is 2.51. The summed E-state index contributed by atoms with van der Waals surface area (Å²) >= 11 is 0. The van der Waals surface area contributed by atoms with Crippen LogP contribution in [0.15, 0.2) is 97.2 Å². The maximum absolute atomic E-state index is 13.4. The van der Waals surface area contributed by atoms with Gasteiger partial charge in [-0.3, -0.25) is 4.79 Å². The maximum atomic E-state index is 13.4. The molecule has 0 bridgehead atoms. The first-order valence-corrected chi connectivity index (χ1v) is 39.5. The van der Waals surface area contributed by atoms with Gasteiger partial charge in [-0.05, 0) is 77.0 Å². The molecule has 12 unspecified atom stereocenters. The summed E-state index contributed by atoms with van der Waals surface area (Å²) in [4.78, 5) is 13.4. The number of aliphatic hydroxyl groups excluding tert-OH is 8. The molecule has 12 atom stereocenters. The van der Waals surface area contributed by atoms with Crippen molar-refractivity contribution in [3.63, 3.8) is 0 Å². The molecule has 2 fully saturated rings. The average Bonchev–Trinajstić information content (AvgIpc) is 0.797. The van der Waals surface area contributed by atoms with E-state index in [1.165, 1.54) is 205 Å². The van der Waals surface area contributed by atoms with Gasteiger partial charge in [0.25, 0.3) is 0 Å². The van der Waals surface area contributed by atoms with E-state index in [2.05, 4.69) is 104 Å². The number of ether oxygens (including phenoxy) is 4. The van der Waals surface area contributed by atoms with E-state index < -0.39 is 86.8 Å². The van der Waals surface area contributed by atoms with E-state index in [0.29, 0.717) is 6.42 Å². The summed E-state index contributed by atoms with van der Waals surface area (Å²) in [5, 5.41) is 87.7. The third-order valence-electron chi connectivity index (χ3n) is 18.8. The molecule has 0 spiro atoms. The topological polar surface area (TPSA) is 228 Å². The Morgan fingerprint density at radius 3 is 1.10 bits per heavy atom. The van der Waals surface area contributed by atoms with Gasteiger partial charge in [-0.15, -0.1) is 0 Å². The molecule has 2 saturated heterocycles. The molecule has 14 nitrogen and oxygen atoms in total. The molecule has 2 rings (SSSR count). The normalized spacial score (nSPS) is 22.8. The van der Waals surface area contributed by atoms with Crippen molar-refractivity contribution in [1.82, 2.24) is 5.32 Å². The van der Waals surface area contributed by atoms with Crippen LogP contribution in [0, 0.1) is 0 Å². The number of hydrogen-bond donors (Lipinski definition) is 9. The highest BCUT2D eigenvalue weighted by atomic mass is 16.7. The largest absolute Gasteiger partial charge is 0.394 e. The van der Waals surface area contributed by atoms with Crippen LogP contribution in [0.4, 0.5) is 0 Å². The van der Waals surface area contributed by atoms with Gasteiger partial charge < -0.3 is 65.1 Å². The van der Waals surface area contributed by atoms with Crippen molar-refractivity contribution in [2.75, 3.05) is 19.8 Å². The molecule has 0 saturated carbocycles. The zero-order valence-electron chi connectivity index (χ0n) is 60.8. The minimum absolute atomic E-state index is 0.246. The minimum atomic E-state index is -1.79. The summed E-state index contributed by atoms with van der Waals surface area (Å²) in [5.74, 6) is -0.246. The monoisotopic (exact) mass is 1350 g/mol. The van der Waals surface area contributed by atoms with Gasteiger partial charge in [0.1, 0.15) is 48.8 Å². The summed E-state index contributed by atoms with van der Waals surface area (Å²) in [6, 6.07) is -0.927. The molecular weight excluding hydrogens is 1210 g/mol. The van der Waals surface area contributed by atoms with Gasteiger partial charge in [-0.2, -0.15) is 0 Å². The lowest BCUT2D eigenvalue weighted by Gasteiger charge is -2.46. The highest BCUT2D eigenvalue weighted by molar-refractivity contribution is 5.76. The van der Waals surface area contributed by atoms with Crippen LogP contribution in [-0.4, -0.2) is 140 Å². The molecule has 0 aromatic heterocycles. The molecule has 96 heavy (non-hydrogen) atoms. The van der Waals surface area contributed by atoms with Crippen molar-refractivity contribution in [3.8, 4) is 0 Å². The lowest BCUT2D eigenvalue weighted by molar-refractivity contribution is -0.359. The van der Waals surface area contributed by atoms with Gasteiger partial charge in [0.05, 0.1) is 32.0 Å². The fraction of sp³-hybridized carbons (Fsp3) is 0.793. The van der Waals surface area contributed by atoms with Crippen molar-refractivity contribution < 1.29 is 64.6 Å². The molecule has 9 N–H and O–H groups in total. The number of nitrogens with one attached hydrogen (secondary N) is 1. The Labute approximate surface area is 585 Å². The first-order valence-electron chi connectivity index (χ1n) is 39.5. The molecule has 556 valence electrons. The fourth-order valence-corrected chi connectivity index (χ4v) is 12.6. The maximum Gasteiger partial charge on any atom is 0.220 e. The number of carbonyl (C=O) groups is 1. The fourth-order valence-electron chi connectivity index (χ4n) is 12.6. The van der Waals surface area contributed by atoms with Gasteiger partial charge in [0.15, 0.2) is 12.6 Å². The Morgan fingerprint density at radius 2 is 0.719 bits per heavy atom. The van der Waals surface area contributed by atoms with Crippen LogP contribution in [0.1, 0.15) is 322 Å². The van der Waals surface area contributed by atoms with Gasteiger partial charge in [-0.25, -0.2) is 0 Å². The number of rotatable bonds is 65. The van der Waals surface area contributed by atoms with E-state index in [0.717, 1.165) is 89.9 Å². The van der Waals surface area contributed by atoms with Crippen LogP contribution in [-0.2, 0) is 23.7 Å². The predicted molar refractivity (Wildman–Crippen MR) is 396 cm³/mol. The van der Waals surface area contributed by atoms with Crippen molar-refractivity contribution in [3.05, 3.63) is 97.2 Å².